The lowest BCUT2D eigenvalue weighted by Gasteiger charge is -2.20. The molecule has 118 valence electrons. The smallest absolute Gasteiger partial charge is 0.223 e. The van der Waals surface area contributed by atoms with Gasteiger partial charge in [0, 0.05) is 16.2 Å². The number of hydrogen-bond donors (Lipinski definition) is 2. The van der Waals surface area contributed by atoms with Gasteiger partial charge in [0.05, 0.1) is 6.20 Å². The van der Waals surface area contributed by atoms with E-state index in [1.165, 1.54) is 6.33 Å². The summed E-state index contributed by atoms with van der Waals surface area (Å²) in [5.41, 5.74) is 2.02. The molecule has 2 aromatic heterocycles. The fourth-order valence-electron chi connectivity index (χ4n) is 2.04. The molecular weight excluding hydrogens is 312 g/mol. The largest absolute Gasteiger partial charge is 0.350 e. The molecule has 2 heterocycles. The summed E-state index contributed by atoms with van der Waals surface area (Å²) in [6.07, 6.45) is 3.16. The Bertz CT molecular complexity index is 843. The molecule has 0 spiro atoms. The minimum Gasteiger partial charge on any atom is -0.350 e. The zero-order valence-corrected chi connectivity index (χ0v) is 13.9. The molecule has 0 saturated carbocycles. The van der Waals surface area contributed by atoms with Crippen molar-refractivity contribution >= 4 is 40.1 Å². The van der Waals surface area contributed by atoms with Crippen LogP contribution in [0.5, 0.6) is 0 Å². The van der Waals surface area contributed by atoms with E-state index in [-0.39, 0.29) is 5.54 Å². The molecule has 0 aliphatic carbocycles. The lowest BCUT2D eigenvalue weighted by molar-refractivity contribution is 0.626. The highest BCUT2D eigenvalue weighted by Gasteiger charge is 2.13. The second-order valence-corrected chi connectivity index (χ2v) is 6.60. The molecule has 23 heavy (non-hydrogen) atoms. The fraction of sp³-hybridized carbons (Fsp3) is 0.250. The first-order valence-electron chi connectivity index (χ1n) is 7.19. The van der Waals surface area contributed by atoms with Crippen LogP contribution in [0, 0.1) is 0 Å². The van der Waals surface area contributed by atoms with E-state index in [4.69, 9.17) is 11.6 Å². The van der Waals surface area contributed by atoms with Crippen molar-refractivity contribution in [2.24, 2.45) is 0 Å². The van der Waals surface area contributed by atoms with Gasteiger partial charge in [-0.25, -0.2) is 19.9 Å². The second-order valence-electron chi connectivity index (χ2n) is 6.16. The third-order valence-corrected chi connectivity index (χ3v) is 3.19. The molecule has 1 aromatic carbocycles. The summed E-state index contributed by atoms with van der Waals surface area (Å²) in [4.78, 5) is 17.3. The van der Waals surface area contributed by atoms with Crippen molar-refractivity contribution in [3.05, 3.63) is 41.8 Å². The average molecular weight is 329 g/mol. The molecule has 3 aromatic rings. The molecule has 0 aliphatic heterocycles. The summed E-state index contributed by atoms with van der Waals surface area (Å²) in [6, 6.07) is 7.42. The molecule has 2 N–H and O–H groups in total. The van der Waals surface area contributed by atoms with Gasteiger partial charge in [-0.15, -0.1) is 0 Å². The molecule has 0 unspecified atom stereocenters. The monoisotopic (exact) mass is 328 g/mol. The van der Waals surface area contributed by atoms with Gasteiger partial charge in [-0.1, -0.05) is 17.7 Å². The fourth-order valence-corrected chi connectivity index (χ4v) is 2.23. The van der Waals surface area contributed by atoms with Crippen LogP contribution in [0.4, 0.5) is 17.5 Å². The van der Waals surface area contributed by atoms with Gasteiger partial charge in [-0.05, 0) is 39.0 Å². The second kappa shape index (κ2) is 5.96. The standard InChI is InChI=1S/C16H17ClN6/c1-16(2,3)23-15-18-8-12-13(22-15)14(20-9-19-12)21-11-6-4-5-10(17)7-11/h4-9H,1-3H3,(H,18,22,23)(H,19,20,21). The lowest BCUT2D eigenvalue weighted by atomic mass is 10.1. The summed E-state index contributed by atoms with van der Waals surface area (Å²) in [5.74, 6) is 1.14. The Morgan fingerprint density at radius 1 is 1.09 bits per heavy atom. The van der Waals surface area contributed by atoms with E-state index in [2.05, 4.69) is 30.6 Å². The Hall–Kier alpha value is -2.47. The molecule has 0 saturated heterocycles. The van der Waals surface area contributed by atoms with Crippen LogP contribution in [-0.2, 0) is 0 Å². The summed E-state index contributed by atoms with van der Waals surface area (Å²) >= 11 is 6.02. The van der Waals surface area contributed by atoms with Crippen molar-refractivity contribution in [3.8, 4) is 0 Å². The Balaban J connectivity index is 2.00. The Morgan fingerprint density at radius 3 is 2.65 bits per heavy atom. The maximum Gasteiger partial charge on any atom is 0.223 e. The number of hydrogen-bond acceptors (Lipinski definition) is 6. The van der Waals surface area contributed by atoms with Crippen LogP contribution in [-0.4, -0.2) is 25.5 Å². The third-order valence-electron chi connectivity index (χ3n) is 2.95. The first-order valence-corrected chi connectivity index (χ1v) is 7.57. The minimum atomic E-state index is -0.135. The number of aromatic nitrogens is 4. The first kappa shape index (κ1) is 15.4. The van der Waals surface area contributed by atoms with Crippen molar-refractivity contribution in [1.29, 1.82) is 0 Å². The highest BCUT2D eigenvalue weighted by Crippen LogP contribution is 2.24. The molecule has 0 bridgehead atoms. The average Bonchev–Trinajstić information content (AvgIpc) is 2.46. The zero-order valence-electron chi connectivity index (χ0n) is 13.1. The van der Waals surface area contributed by atoms with Gasteiger partial charge in [-0.2, -0.15) is 0 Å². The number of benzene rings is 1. The van der Waals surface area contributed by atoms with Crippen LogP contribution in [0.1, 0.15) is 20.8 Å². The molecule has 7 heteroatoms. The zero-order chi connectivity index (χ0) is 16.4. The number of fused-ring (bicyclic) bond motifs is 1. The normalized spacial score (nSPS) is 11.5. The SMILES string of the molecule is CC(C)(C)Nc1ncc2ncnc(Nc3cccc(Cl)c3)c2n1. The summed E-state index contributed by atoms with van der Waals surface area (Å²) < 4.78 is 0. The van der Waals surface area contributed by atoms with Crippen molar-refractivity contribution in [2.45, 2.75) is 26.3 Å². The van der Waals surface area contributed by atoms with Crippen molar-refractivity contribution in [3.63, 3.8) is 0 Å². The number of anilines is 3. The number of halogens is 1. The molecule has 6 nitrogen and oxygen atoms in total. The molecule has 0 fully saturated rings. The van der Waals surface area contributed by atoms with Crippen LogP contribution in [0.25, 0.3) is 11.0 Å². The predicted octanol–water partition coefficient (Wildman–Crippen LogP) is 4.03. The van der Waals surface area contributed by atoms with E-state index in [1.54, 1.807) is 6.20 Å². The molecule has 0 amide bonds. The predicted molar refractivity (Wildman–Crippen MR) is 93.2 cm³/mol. The molecular formula is C16H17ClN6. The van der Waals surface area contributed by atoms with E-state index in [0.717, 1.165) is 5.69 Å². The summed E-state index contributed by atoms with van der Waals surface area (Å²) in [5, 5.41) is 7.12. The Morgan fingerprint density at radius 2 is 1.91 bits per heavy atom. The maximum atomic E-state index is 6.02. The summed E-state index contributed by atoms with van der Waals surface area (Å²) in [7, 11) is 0. The number of rotatable bonds is 3. The van der Waals surface area contributed by atoms with E-state index in [0.29, 0.717) is 27.8 Å². The molecule has 0 aliphatic rings. The van der Waals surface area contributed by atoms with Gasteiger partial charge in [0.25, 0.3) is 0 Å². The van der Waals surface area contributed by atoms with Gasteiger partial charge in [0.1, 0.15) is 17.4 Å². The van der Waals surface area contributed by atoms with E-state index in [9.17, 15) is 0 Å². The van der Waals surface area contributed by atoms with Crippen LogP contribution in [0.2, 0.25) is 5.02 Å². The van der Waals surface area contributed by atoms with Gasteiger partial charge in [0.15, 0.2) is 5.82 Å². The highest BCUT2D eigenvalue weighted by molar-refractivity contribution is 6.30. The third kappa shape index (κ3) is 3.84. The molecule has 0 radical (unpaired) electrons. The van der Waals surface area contributed by atoms with Crippen molar-refractivity contribution < 1.29 is 0 Å². The lowest BCUT2D eigenvalue weighted by Crippen LogP contribution is -2.27. The topological polar surface area (TPSA) is 75.6 Å². The van der Waals surface area contributed by atoms with E-state index in [1.807, 2.05) is 45.0 Å². The van der Waals surface area contributed by atoms with Crippen molar-refractivity contribution in [2.75, 3.05) is 10.6 Å². The summed E-state index contributed by atoms with van der Waals surface area (Å²) in [6.45, 7) is 6.15. The van der Waals surface area contributed by atoms with Crippen LogP contribution >= 0.6 is 11.6 Å². The number of nitrogens with zero attached hydrogens (tertiary/aromatic N) is 4. The Labute approximate surface area is 139 Å². The van der Waals surface area contributed by atoms with Gasteiger partial charge in [-0.3, -0.25) is 0 Å². The van der Waals surface area contributed by atoms with Gasteiger partial charge < -0.3 is 10.6 Å². The quantitative estimate of drug-likeness (QED) is 0.756. The van der Waals surface area contributed by atoms with E-state index < -0.39 is 0 Å². The first-order chi connectivity index (χ1) is 10.9. The van der Waals surface area contributed by atoms with Crippen LogP contribution < -0.4 is 10.6 Å². The van der Waals surface area contributed by atoms with Crippen LogP contribution in [0.15, 0.2) is 36.8 Å². The maximum absolute atomic E-state index is 6.02. The van der Waals surface area contributed by atoms with Gasteiger partial charge in [0.2, 0.25) is 5.95 Å². The van der Waals surface area contributed by atoms with E-state index >= 15 is 0 Å². The van der Waals surface area contributed by atoms with Gasteiger partial charge >= 0.3 is 0 Å². The molecule has 0 atom stereocenters. The number of nitrogens with one attached hydrogen (secondary N) is 2. The molecule has 3 rings (SSSR count). The van der Waals surface area contributed by atoms with Crippen LogP contribution in [0.3, 0.4) is 0 Å². The Kier molecular flexibility index (Phi) is 4.00. The highest BCUT2D eigenvalue weighted by atomic mass is 35.5. The van der Waals surface area contributed by atoms with Crippen molar-refractivity contribution in [1.82, 2.24) is 19.9 Å². The minimum absolute atomic E-state index is 0.135.